The van der Waals surface area contributed by atoms with E-state index in [9.17, 15) is 0 Å². The lowest BCUT2D eigenvalue weighted by molar-refractivity contribution is -0.906. The molecule has 2 aromatic rings. The average molecular weight is 511 g/mol. The second-order valence-corrected chi connectivity index (χ2v) is 11.0. The predicted octanol–water partition coefficient (Wildman–Crippen LogP) is 5.90. The average Bonchev–Trinajstić information content (AvgIpc) is 3.17. The van der Waals surface area contributed by atoms with Gasteiger partial charge < -0.3 is 19.3 Å². The summed E-state index contributed by atoms with van der Waals surface area (Å²) in [6, 6.07) is 12.1. The number of ether oxygens (including phenoxy) is 2. The predicted molar refractivity (Wildman–Crippen MR) is 132 cm³/mol. The lowest BCUT2D eigenvalue weighted by Gasteiger charge is -2.32. The van der Waals surface area contributed by atoms with Gasteiger partial charge in [0.2, 0.25) is 0 Å². The first-order valence-corrected chi connectivity index (χ1v) is 12.2. The third-order valence-electron chi connectivity index (χ3n) is 5.46. The van der Waals surface area contributed by atoms with Crippen molar-refractivity contribution in [2.75, 3.05) is 40.3 Å². The van der Waals surface area contributed by atoms with Crippen LogP contribution in [0.4, 0.5) is 0 Å². The van der Waals surface area contributed by atoms with Gasteiger partial charge in [-0.3, -0.25) is 0 Å². The fourth-order valence-electron chi connectivity index (χ4n) is 4.08. The molecule has 0 aliphatic carbocycles. The Morgan fingerprint density at radius 2 is 1.87 bits per heavy atom. The lowest BCUT2D eigenvalue weighted by atomic mass is 10.1. The van der Waals surface area contributed by atoms with E-state index in [2.05, 4.69) is 61.3 Å². The van der Waals surface area contributed by atoms with Gasteiger partial charge in [-0.2, -0.15) is 0 Å². The Morgan fingerprint density at radius 1 is 1.13 bits per heavy atom. The normalized spacial score (nSPS) is 16.7. The molecule has 0 amide bonds. The van der Waals surface area contributed by atoms with Crippen molar-refractivity contribution in [1.82, 2.24) is 5.32 Å². The van der Waals surface area contributed by atoms with Crippen molar-refractivity contribution in [3.63, 3.8) is 0 Å². The molecule has 0 radical (unpaired) electrons. The SMILES string of the molecule is CC(C)COc1cc(C[N+](C)(C)CC2CCNC2)cc(OCc2ccc(Cl)cc2Br)c1. The van der Waals surface area contributed by atoms with Gasteiger partial charge in [0.15, 0.2) is 0 Å². The van der Waals surface area contributed by atoms with Crippen LogP contribution in [-0.4, -0.2) is 44.8 Å². The molecule has 6 heteroatoms. The molecule has 1 unspecified atom stereocenters. The highest BCUT2D eigenvalue weighted by Gasteiger charge is 2.25. The fourth-order valence-corrected chi connectivity index (χ4v) is 4.88. The highest BCUT2D eigenvalue weighted by Crippen LogP contribution is 2.28. The first-order chi connectivity index (χ1) is 14.7. The van der Waals surface area contributed by atoms with E-state index in [1.54, 1.807) is 0 Å². The number of hydrogen-bond acceptors (Lipinski definition) is 3. The lowest BCUT2D eigenvalue weighted by Crippen LogP contribution is -2.43. The minimum atomic E-state index is 0.469. The van der Waals surface area contributed by atoms with Gasteiger partial charge in [0.1, 0.15) is 24.7 Å². The number of halogens is 2. The van der Waals surface area contributed by atoms with E-state index in [0.29, 0.717) is 24.2 Å². The van der Waals surface area contributed by atoms with Gasteiger partial charge in [-0.05, 0) is 43.1 Å². The molecule has 4 nitrogen and oxygen atoms in total. The van der Waals surface area contributed by atoms with Crippen LogP contribution in [0.5, 0.6) is 11.5 Å². The van der Waals surface area contributed by atoms with E-state index in [1.807, 2.05) is 24.3 Å². The second-order valence-electron chi connectivity index (χ2n) is 9.68. The van der Waals surface area contributed by atoms with Gasteiger partial charge in [-0.15, -0.1) is 0 Å². The van der Waals surface area contributed by atoms with Gasteiger partial charge in [-0.1, -0.05) is 47.4 Å². The van der Waals surface area contributed by atoms with Crippen molar-refractivity contribution in [3.8, 4) is 11.5 Å². The van der Waals surface area contributed by atoms with Gasteiger partial charge in [0.05, 0.1) is 27.2 Å². The molecule has 1 N–H and O–H groups in total. The number of nitrogens with zero attached hydrogens (tertiary/aromatic N) is 1. The van der Waals surface area contributed by atoms with Crippen LogP contribution in [0.2, 0.25) is 5.02 Å². The topological polar surface area (TPSA) is 30.5 Å². The number of nitrogens with one attached hydrogen (secondary N) is 1. The number of benzene rings is 2. The maximum absolute atomic E-state index is 6.18. The summed E-state index contributed by atoms with van der Waals surface area (Å²) in [6.45, 7) is 9.86. The summed E-state index contributed by atoms with van der Waals surface area (Å²) in [7, 11) is 4.62. The fraction of sp³-hybridized carbons (Fsp3) is 0.520. The zero-order valence-corrected chi connectivity index (χ0v) is 21.4. The first-order valence-electron chi connectivity index (χ1n) is 11.1. The Balaban J connectivity index is 1.74. The van der Waals surface area contributed by atoms with E-state index in [0.717, 1.165) is 58.1 Å². The maximum Gasteiger partial charge on any atom is 0.124 e. The standard InChI is InChI=1S/C25H35BrClN2O2/c1-18(2)16-30-23-9-20(15-29(3,4)14-19-7-8-28-13-19)10-24(12-23)31-17-21-5-6-22(27)11-25(21)26/h5-6,9-12,18-19,28H,7-8,13-17H2,1-4H3/q+1. The van der Waals surface area contributed by atoms with Crippen LogP contribution in [0.15, 0.2) is 40.9 Å². The van der Waals surface area contributed by atoms with Crippen molar-refractivity contribution in [2.24, 2.45) is 11.8 Å². The number of quaternary nitrogens is 1. The van der Waals surface area contributed by atoms with Crippen LogP contribution in [-0.2, 0) is 13.2 Å². The molecule has 2 aromatic carbocycles. The molecule has 170 valence electrons. The summed E-state index contributed by atoms with van der Waals surface area (Å²) in [5.41, 5.74) is 2.30. The molecule has 0 saturated carbocycles. The van der Waals surface area contributed by atoms with Crippen molar-refractivity contribution in [1.29, 1.82) is 0 Å². The zero-order chi connectivity index (χ0) is 22.4. The Hall–Kier alpha value is -1.27. The van der Waals surface area contributed by atoms with Crippen molar-refractivity contribution in [3.05, 3.63) is 57.0 Å². The Kier molecular flexibility index (Phi) is 8.68. The summed E-state index contributed by atoms with van der Waals surface area (Å²) in [5.74, 6) is 2.92. The molecule has 31 heavy (non-hydrogen) atoms. The van der Waals surface area contributed by atoms with Crippen LogP contribution in [0, 0.1) is 11.8 Å². The highest BCUT2D eigenvalue weighted by molar-refractivity contribution is 9.10. The molecule has 1 aliphatic rings. The summed E-state index contributed by atoms with van der Waals surface area (Å²) >= 11 is 9.64. The van der Waals surface area contributed by atoms with E-state index in [4.69, 9.17) is 21.1 Å². The second kappa shape index (κ2) is 11.0. The quantitative estimate of drug-likeness (QED) is 0.404. The van der Waals surface area contributed by atoms with Crippen LogP contribution < -0.4 is 14.8 Å². The first kappa shape index (κ1) is 24.4. The van der Waals surface area contributed by atoms with E-state index in [-0.39, 0.29) is 0 Å². The molecule has 1 atom stereocenters. The summed E-state index contributed by atoms with van der Waals surface area (Å²) in [5, 5.41) is 4.19. The van der Waals surface area contributed by atoms with Gasteiger partial charge in [-0.25, -0.2) is 0 Å². The van der Waals surface area contributed by atoms with E-state index < -0.39 is 0 Å². The molecular formula is C25H35BrClN2O2+. The Bertz CT molecular complexity index is 867. The van der Waals surface area contributed by atoms with Crippen LogP contribution >= 0.6 is 27.5 Å². The molecule has 1 fully saturated rings. The van der Waals surface area contributed by atoms with Crippen LogP contribution in [0.1, 0.15) is 31.4 Å². The van der Waals surface area contributed by atoms with E-state index >= 15 is 0 Å². The Morgan fingerprint density at radius 3 is 2.52 bits per heavy atom. The zero-order valence-electron chi connectivity index (χ0n) is 19.1. The van der Waals surface area contributed by atoms with Crippen molar-refractivity contribution < 1.29 is 14.0 Å². The smallest absolute Gasteiger partial charge is 0.124 e. The highest BCUT2D eigenvalue weighted by atomic mass is 79.9. The largest absolute Gasteiger partial charge is 0.493 e. The van der Waals surface area contributed by atoms with Gasteiger partial charge >= 0.3 is 0 Å². The van der Waals surface area contributed by atoms with Crippen molar-refractivity contribution >= 4 is 27.5 Å². The molecule has 0 bridgehead atoms. The third-order valence-corrected chi connectivity index (χ3v) is 6.43. The summed E-state index contributed by atoms with van der Waals surface area (Å²) in [4.78, 5) is 0. The molecule has 0 aromatic heterocycles. The van der Waals surface area contributed by atoms with Crippen LogP contribution in [0.25, 0.3) is 0 Å². The maximum atomic E-state index is 6.18. The number of hydrogen-bond donors (Lipinski definition) is 1. The molecule has 1 saturated heterocycles. The molecule has 3 rings (SSSR count). The Labute approximate surface area is 200 Å². The van der Waals surface area contributed by atoms with Gasteiger partial charge in [0, 0.05) is 39.2 Å². The van der Waals surface area contributed by atoms with E-state index in [1.165, 1.54) is 12.0 Å². The summed E-state index contributed by atoms with van der Waals surface area (Å²) < 4.78 is 14.1. The minimum absolute atomic E-state index is 0.469. The van der Waals surface area contributed by atoms with Crippen LogP contribution in [0.3, 0.4) is 0 Å². The summed E-state index contributed by atoms with van der Waals surface area (Å²) in [6.07, 6.45) is 1.27. The van der Waals surface area contributed by atoms with Gasteiger partial charge in [0.25, 0.3) is 0 Å². The minimum Gasteiger partial charge on any atom is -0.493 e. The monoisotopic (exact) mass is 509 g/mol. The van der Waals surface area contributed by atoms with Crippen molar-refractivity contribution in [2.45, 2.75) is 33.4 Å². The molecular weight excluding hydrogens is 476 g/mol. The molecule has 1 aliphatic heterocycles. The molecule has 1 heterocycles. The number of rotatable bonds is 10. The third kappa shape index (κ3) is 7.98. The molecule has 0 spiro atoms.